The van der Waals surface area contributed by atoms with Crippen LogP contribution >= 0.6 is 0 Å². The van der Waals surface area contributed by atoms with Crippen molar-refractivity contribution in [3.8, 4) is 0 Å². The van der Waals surface area contributed by atoms with Crippen molar-refractivity contribution >= 4 is 6.29 Å². The van der Waals surface area contributed by atoms with E-state index in [4.69, 9.17) is 0 Å². The highest BCUT2D eigenvalue weighted by molar-refractivity contribution is 5.74. The average molecular weight is 141 g/mol. The summed E-state index contributed by atoms with van der Waals surface area (Å²) < 4.78 is 12.4. The highest BCUT2D eigenvalue weighted by atomic mass is 19.1. The molecular weight excluding hydrogens is 137 g/mol. The summed E-state index contributed by atoms with van der Waals surface area (Å²) >= 11 is 0. The van der Waals surface area contributed by atoms with Crippen LogP contribution in [0.1, 0.15) is 10.4 Å². The summed E-state index contributed by atoms with van der Waals surface area (Å²) in [7, 11) is 0. The van der Waals surface area contributed by atoms with Crippen molar-refractivity contribution in [2.45, 2.75) is 0 Å². The Kier molecular flexibility index (Phi) is 1.62. The summed E-state index contributed by atoms with van der Waals surface area (Å²) in [6.07, 6.45) is 1.15. The van der Waals surface area contributed by atoms with E-state index in [1.807, 2.05) is 0 Å². The molecule has 0 radical (unpaired) electrons. The van der Waals surface area contributed by atoms with Crippen molar-refractivity contribution in [3.05, 3.63) is 34.0 Å². The van der Waals surface area contributed by atoms with Crippen molar-refractivity contribution in [3.63, 3.8) is 0 Å². The van der Waals surface area contributed by atoms with Crippen LogP contribution in [0.5, 0.6) is 0 Å². The van der Waals surface area contributed by atoms with Crippen molar-refractivity contribution in [2.24, 2.45) is 0 Å². The molecule has 10 heavy (non-hydrogen) atoms. The monoisotopic (exact) mass is 141 g/mol. The predicted molar refractivity (Wildman–Crippen MR) is 32.4 cm³/mol. The lowest BCUT2D eigenvalue weighted by Gasteiger charge is -1.88. The third-order valence-electron chi connectivity index (χ3n) is 1.03. The molecule has 1 heterocycles. The Morgan fingerprint density at radius 2 is 2.30 bits per heavy atom. The van der Waals surface area contributed by atoms with Gasteiger partial charge < -0.3 is 4.98 Å². The number of carbonyl (C=O) groups excluding carboxylic acids is 1. The van der Waals surface area contributed by atoms with Gasteiger partial charge in [-0.05, 0) is 0 Å². The first-order valence-corrected chi connectivity index (χ1v) is 2.57. The van der Waals surface area contributed by atoms with Crippen LogP contribution in [0.3, 0.4) is 0 Å². The molecule has 0 amide bonds. The maximum atomic E-state index is 12.4. The maximum Gasteiger partial charge on any atom is 0.248 e. The number of aromatic nitrogens is 1. The third kappa shape index (κ3) is 1.10. The fraction of sp³-hybridized carbons (Fsp3) is 0. The van der Waals surface area contributed by atoms with Crippen LogP contribution in [0.2, 0.25) is 0 Å². The van der Waals surface area contributed by atoms with Crippen LogP contribution in [0.15, 0.2) is 17.1 Å². The van der Waals surface area contributed by atoms with Crippen LogP contribution < -0.4 is 5.56 Å². The number of hydrogen-bond donors (Lipinski definition) is 1. The van der Waals surface area contributed by atoms with Gasteiger partial charge in [-0.2, -0.15) is 0 Å². The highest BCUT2D eigenvalue weighted by Crippen LogP contribution is 1.96. The Hall–Kier alpha value is -1.45. The molecule has 0 aliphatic rings. The lowest BCUT2D eigenvalue weighted by atomic mass is 10.3. The van der Waals surface area contributed by atoms with Gasteiger partial charge in [0.15, 0.2) is 6.29 Å². The molecule has 0 unspecified atom stereocenters. The number of aromatic amines is 1. The normalized spacial score (nSPS) is 9.30. The second-order valence-electron chi connectivity index (χ2n) is 1.72. The third-order valence-corrected chi connectivity index (χ3v) is 1.03. The summed E-state index contributed by atoms with van der Waals surface area (Å²) in [5.74, 6) is -0.713. The van der Waals surface area contributed by atoms with Gasteiger partial charge in [-0.1, -0.05) is 0 Å². The Balaban J connectivity index is 3.35. The first-order chi connectivity index (χ1) is 4.74. The minimum atomic E-state index is -0.713. The van der Waals surface area contributed by atoms with E-state index in [1.165, 1.54) is 0 Å². The van der Waals surface area contributed by atoms with Gasteiger partial charge in [0.2, 0.25) is 5.56 Å². The molecule has 0 atom stereocenters. The van der Waals surface area contributed by atoms with Crippen LogP contribution in [-0.2, 0) is 0 Å². The SMILES string of the molecule is O=Cc1cc(=O)[nH]cc1F. The van der Waals surface area contributed by atoms with Gasteiger partial charge in [0.1, 0.15) is 5.82 Å². The van der Waals surface area contributed by atoms with E-state index in [9.17, 15) is 14.0 Å². The van der Waals surface area contributed by atoms with E-state index in [-0.39, 0.29) is 5.56 Å². The van der Waals surface area contributed by atoms with E-state index < -0.39 is 11.4 Å². The molecule has 0 aliphatic heterocycles. The molecule has 0 aliphatic carbocycles. The Bertz CT molecular complexity index is 305. The molecule has 1 rings (SSSR count). The van der Waals surface area contributed by atoms with Crippen molar-refractivity contribution in [1.29, 1.82) is 0 Å². The second kappa shape index (κ2) is 2.43. The van der Waals surface area contributed by atoms with Crippen LogP contribution in [0.4, 0.5) is 4.39 Å². The van der Waals surface area contributed by atoms with Crippen molar-refractivity contribution < 1.29 is 9.18 Å². The topological polar surface area (TPSA) is 49.9 Å². The molecule has 4 heteroatoms. The number of carbonyl (C=O) groups is 1. The molecule has 0 aromatic carbocycles. The summed E-state index contributed by atoms with van der Waals surface area (Å²) in [6.45, 7) is 0. The quantitative estimate of drug-likeness (QED) is 0.573. The molecule has 0 saturated heterocycles. The lowest BCUT2D eigenvalue weighted by molar-refractivity contribution is 0.111. The minimum absolute atomic E-state index is 0.219. The zero-order valence-corrected chi connectivity index (χ0v) is 4.93. The van der Waals surface area contributed by atoms with Crippen molar-refractivity contribution in [2.75, 3.05) is 0 Å². The number of H-pyrrole nitrogens is 1. The molecule has 0 spiro atoms. The average Bonchev–Trinajstić information content (AvgIpc) is 1.94. The minimum Gasteiger partial charge on any atom is -0.326 e. The number of hydrogen-bond acceptors (Lipinski definition) is 2. The number of rotatable bonds is 1. The van der Waals surface area contributed by atoms with Crippen LogP contribution in [0, 0.1) is 5.82 Å². The molecule has 0 fully saturated rings. The zero-order chi connectivity index (χ0) is 7.56. The molecule has 52 valence electrons. The maximum absolute atomic E-state index is 12.4. The summed E-state index contributed by atoms with van der Waals surface area (Å²) in [5, 5.41) is 0. The predicted octanol–water partition coefficient (Wildman–Crippen LogP) is 0.327. The molecule has 1 aromatic rings. The first kappa shape index (κ1) is 6.67. The Labute approximate surface area is 55.5 Å². The fourth-order valence-electron chi connectivity index (χ4n) is 0.560. The lowest BCUT2D eigenvalue weighted by Crippen LogP contribution is -2.06. The number of nitrogens with one attached hydrogen (secondary N) is 1. The molecule has 0 bridgehead atoms. The Morgan fingerprint density at radius 1 is 1.60 bits per heavy atom. The standard InChI is InChI=1S/C6H4FNO2/c7-5-2-8-6(10)1-4(5)3-9/h1-3H,(H,8,10). The van der Waals surface area contributed by atoms with E-state index in [2.05, 4.69) is 4.98 Å². The highest BCUT2D eigenvalue weighted by Gasteiger charge is 1.98. The summed E-state index contributed by atoms with van der Waals surface area (Å²) in [5.41, 5.74) is -0.702. The van der Waals surface area contributed by atoms with Crippen molar-refractivity contribution in [1.82, 2.24) is 4.98 Å². The Morgan fingerprint density at radius 3 is 2.80 bits per heavy atom. The largest absolute Gasteiger partial charge is 0.326 e. The van der Waals surface area contributed by atoms with E-state index in [0.717, 1.165) is 12.3 Å². The van der Waals surface area contributed by atoms with Crippen LogP contribution in [-0.4, -0.2) is 11.3 Å². The molecule has 1 N–H and O–H groups in total. The van der Waals surface area contributed by atoms with E-state index in [0.29, 0.717) is 6.29 Å². The van der Waals surface area contributed by atoms with Gasteiger partial charge in [-0.3, -0.25) is 9.59 Å². The molecule has 3 nitrogen and oxygen atoms in total. The first-order valence-electron chi connectivity index (χ1n) is 2.57. The van der Waals surface area contributed by atoms with Gasteiger partial charge in [-0.25, -0.2) is 4.39 Å². The fourth-order valence-corrected chi connectivity index (χ4v) is 0.560. The van der Waals surface area contributed by atoms with Gasteiger partial charge in [-0.15, -0.1) is 0 Å². The van der Waals surface area contributed by atoms with Crippen LogP contribution in [0.25, 0.3) is 0 Å². The summed E-state index contributed by atoms with van der Waals surface area (Å²) in [4.78, 5) is 22.5. The second-order valence-corrected chi connectivity index (χ2v) is 1.72. The molecule has 1 aromatic heterocycles. The molecule has 0 saturated carbocycles. The number of halogens is 1. The zero-order valence-electron chi connectivity index (χ0n) is 4.93. The van der Waals surface area contributed by atoms with E-state index >= 15 is 0 Å². The molecular formula is C6H4FNO2. The summed E-state index contributed by atoms with van der Waals surface area (Å²) in [6, 6.07) is 0.905. The van der Waals surface area contributed by atoms with Gasteiger partial charge in [0, 0.05) is 12.3 Å². The van der Waals surface area contributed by atoms with Gasteiger partial charge >= 0.3 is 0 Å². The smallest absolute Gasteiger partial charge is 0.248 e. The van der Waals surface area contributed by atoms with Gasteiger partial charge in [0.25, 0.3) is 0 Å². The number of aldehydes is 1. The van der Waals surface area contributed by atoms with E-state index in [1.54, 1.807) is 0 Å². The van der Waals surface area contributed by atoms with Gasteiger partial charge in [0.05, 0.1) is 5.56 Å². The number of pyridine rings is 1.